The van der Waals surface area contributed by atoms with E-state index in [1.807, 2.05) is 6.92 Å². The van der Waals surface area contributed by atoms with Gasteiger partial charge in [0.15, 0.2) is 10.1 Å². The summed E-state index contributed by atoms with van der Waals surface area (Å²) in [6.45, 7) is 3.25. The molecule has 8 heteroatoms. The summed E-state index contributed by atoms with van der Waals surface area (Å²) in [5, 5.41) is 10.4. The van der Waals surface area contributed by atoms with Crippen molar-refractivity contribution in [3.63, 3.8) is 0 Å². The average molecular weight is 322 g/mol. The molecule has 1 heterocycles. The first-order valence-corrected chi connectivity index (χ1v) is 7.83. The molecule has 0 fully saturated rings. The van der Waals surface area contributed by atoms with E-state index >= 15 is 0 Å². The summed E-state index contributed by atoms with van der Waals surface area (Å²) in [5.74, 6) is -0.157. The van der Waals surface area contributed by atoms with Crippen molar-refractivity contribution < 1.29 is 9.59 Å². The summed E-state index contributed by atoms with van der Waals surface area (Å²) >= 11 is 2.58. The predicted octanol–water partition coefficient (Wildman–Crippen LogP) is 2.44. The van der Waals surface area contributed by atoms with Gasteiger partial charge in [-0.2, -0.15) is 0 Å². The van der Waals surface area contributed by atoms with Crippen LogP contribution < -0.4 is 11.1 Å². The van der Waals surface area contributed by atoms with Crippen LogP contribution in [-0.4, -0.2) is 27.1 Å². The van der Waals surface area contributed by atoms with Crippen LogP contribution in [0.3, 0.4) is 0 Å². The lowest BCUT2D eigenvalue weighted by atomic mass is 10.1. The molecule has 0 saturated heterocycles. The quantitative estimate of drug-likeness (QED) is 0.648. The average Bonchev–Trinajstić information content (AvgIpc) is 2.83. The van der Waals surface area contributed by atoms with Crippen molar-refractivity contribution in [3.05, 3.63) is 29.8 Å². The smallest absolute Gasteiger partial charge is 0.221 e. The molecule has 0 aliphatic rings. The van der Waals surface area contributed by atoms with Crippen molar-refractivity contribution >= 4 is 45.6 Å². The number of Topliss-reactive ketones (excluding diaryl/α,β-unsaturated/α-hetero) is 1. The molecular formula is C13H14N4O2S2. The number of aromatic nitrogens is 2. The van der Waals surface area contributed by atoms with Crippen LogP contribution in [-0.2, 0) is 4.79 Å². The van der Waals surface area contributed by atoms with E-state index in [4.69, 9.17) is 5.73 Å². The lowest BCUT2D eigenvalue weighted by Gasteiger charge is -2.09. The van der Waals surface area contributed by atoms with E-state index in [1.165, 1.54) is 30.0 Å². The number of nitrogens with one attached hydrogen (secondary N) is 1. The molecule has 1 amide bonds. The van der Waals surface area contributed by atoms with Crippen LogP contribution in [0.15, 0.2) is 28.6 Å². The monoisotopic (exact) mass is 322 g/mol. The number of anilines is 2. The molecule has 0 radical (unpaired) electrons. The Kier molecular flexibility index (Phi) is 4.92. The van der Waals surface area contributed by atoms with Gasteiger partial charge in [-0.05, 0) is 31.2 Å². The molecule has 0 bridgehead atoms. The number of amides is 1. The Labute approximate surface area is 130 Å². The number of nitrogens with two attached hydrogens (primary N) is 1. The highest BCUT2D eigenvalue weighted by Crippen LogP contribution is 2.29. The molecule has 0 spiro atoms. The van der Waals surface area contributed by atoms with Gasteiger partial charge in [0.25, 0.3) is 0 Å². The number of thioether (sulfide) groups is 1. The maximum atomic E-state index is 12.3. The topological polar surface area (TPSA) is 98.0 Å². The van der Waals surface area contributed by atoms with Crippen LogP contribution in [0.4, 0.5) is 10.8 Å². The number of carbonyl (C=O) groups is 2. The molecule has 110 valence electrons. The fourth-order valence-electron chi connectivity index (χ4n) is 1.63. The van der Waals surface area contributed by atoms with Crippen molar-refractivity contribution in [2.24, 2.45) is 0 Å². The fourth-order valence-corrected chi connectivity index (χ4v) is 3.49. The zero-order chi connectivity index (χ0) is 15.4. The Hall–Kier alpha value is -1.93. The summed E-state index contributed by atoms with van der Waals surface area (Å²) in [6, 6.07) is 6.79. The van der Waals surface area contributed by atoms with E-state index in [1.54, 1.807) is 24.3 Å². The summed E-state index contributed by atoms with van der Waals surface area (Å²) < 4.78 is 0.670. The highest BCUT2D eigenvalue weighted by Gasteiger charge is 2.18. The van der Waals surface area contributed by atoms with Crippen LogP contribution in [0.1, 0.15) is 24.2 Å². The first-order chi connectivity index (χ1) is 9.95. The van der Waals surface area contributed by atoms with E-state index in [0.29, 0.717) is 20.7 Å². The van der Waals surface area contributed by atoms with Gasteiger partial charge in [-0.3, -0.25) is 9.59 Å². The van der Waals surface area contributed by atoms with Crippen LogP contribution in [0.5, 0.6) is 0 Å². The first kappa shape index (κ1) is 15.5. The minimum Gasteiger partial charge on any atom is -0.374 e. The number of hydrogen-bond donors (Lipinski definition) is 2. The van der Waals surface area contributed by atoms with Crippen molar-refractivity contribution in [1.82, 2.24) is 10.2 Å². The number of nitrogens with zero attached hydrogens (tertiary/aromatic N) is 2. The van der Waals surface area contributed by atoms with Crippen LogP contribution in [0.25, 0.3) is 0 Å². The Morgan fingerprint density at radius 2 is 1.95 bits per heavy atom. The van der Waals surface area contributed by atoms with Gasteiger partial charge in [0.2, 0.25) is 11.0 Å². The fraction of sp³-hybridized carbons (Fsp3) is 0.231. The van der Waals surface area contributed by atoms with E-state index < -0.39 is 0 Å². The first-order valence-electron chi connectivity index (χ1n) is 6.13. The second-order valence-corrected chi connectivity index (χ2v) is 6.89. The highest BCUT2D eigenvalue weighted by molar-refractivity contribution is 8.02. The number of nitrogen functional groups attached to an aromatic ring is 1. The van der Waals surface area contributed by atoms with Crippen molar-refractivity contribution in [2.75, 3.05) is 11.1 Å². The Balaban J connectivity index is 2.03. The second-order valence-electron chi connectivity index (χ2n) is 4.29. The van der Waals surface area contributed by atoms with Gasteiger partial charge in [-0.1, -0.05) is 23.1 Å². The predicted molar refractivity (Wildman–Crippen MR) is 84.7 cm³/mol. The minimum atomic E-state index is -0.288. The standard InChI is InChI=1S/C13H14N4O2S2/c1-7(20-13-17-16-12(14)21-13)11(19)9-3-5-10(6-4-9)15-8(2)18/h3-7H,1-2H3,(H2,14,16)(H,15,18)/t7-/m0/s1. The SMILES string of the molecule is CC(=O)Nc1ccc(C(=O)[C@H](C)Sc2nnc(N)s2)cc1. The van der Waals surface area contributed by atoms with Gasteiger partial charge in [-0.15, -0.1) is 10.2 Å². The maximum absolute atomic E-state index is 12.3. The Morgan fingerprint density at radius 3 is 2.48 bits per heavy atom. The lowest BCUT2D eigenvalue weighted by molar-refractivity contribution is -0.114. The molecule has 3 N–H and O–H groups in total. The number of carbonyl (C=O) groups excluding carboxylic acids is 2. The van der Waals surface area contributed by atoms with Gasteiger partial charge in [0.1, 0.15) is 0 Å². The third-order valence-corrected chi connectivity index (χ3v) is 4.50. The minimum absolute atomic E-state index is 0.0110. The van der Waals surface area contributed by atoms with Crippen LogP contribution in [0, 0.1) is 0 Å². The molecule has 1 aromatic heterocycles. The molecule has 0 aliphatic carbocycles. The molecule has 2 rings (SSSR count). The van der Waals surface area contributed by atoms with E-state index in [9.17, 15) is 9.59 Å². The van der Waals surface area contributed by atoms with Crippen LogP contribution >= 0.6 is 23.1 Å². The van der Waals surface area contributed by atoms with Crippen molar-refractivity contribution in [3.8, 4) is 0 Å². The van der Waals surface area contributed by atoms with Crippen molar-refractivity contribution in [1.29, 1.82) is 0 Å². The molecule has 0 unspecified atom stereocenters. The normalized spacial score (nSPS) is 11.9. The van der Waals surface area contributed by atoms with E-state index in [0.717, 1.165) is 0 Å². The second kappa shape index (κ2) is 6.68. The Morgan fingerprint density at radius 1 is 1.29 bits per heavy atom. The number of benzene rings is 1. The number of hydrogen-bond acceptors (Lipinski definition) is 7. The van der Waals surface area contributed by atoms with Gasteiger partial charge >= 0.3 is 0 Å². The molecule has 2 aromatic rings. The molecule has 1 atom stereocenters. The summed E-state index contributed by atoms with van der Waals surface area (Å²) in [6.07, 6.45) is 0. The highest BCUT2D eigenvalue weighted by atomic mass is 32.2. The Bertz CT molecular complexity index is 654. The number of rotatable bonds is 5. The van der Waals surface area contributed by atoms with Gasteiger partial charge in [-0.25, -0.2) is 0 Å². The van der Waals surface area contributed by atoms with Crippen molar-refractivity contribution in [2.45, 2.75) is 23.4 Å². The van der Waals surface area contributed by atoms with Gasteiger partial charge in [0, 0.05) is 18.2 Å². The zero-order valence-electron chi connectivity index (χ0n) is 11.5. The molecule has 21 heavy (non-hydrogen) atoms. The van der Waals surface area contributed by atoms with Gasteiger partial charge in [0.05, 0.1) is 5.25 Å². The zero-order valence-corrected chi connectivity index (χ0v) is 13.1. The molecule has 1 aromatic carbocycles. The third kappa shape index (κ3) is 4.27. The lowest BCUT2D eigenvalue weighted by Crippen LogP contribution is -2.13. The number of ketones is 1. The summed E-state index contributed by atoms with van der Waals surface area (Å²) in [5.41, 5.74) is 6.76. The maximum Gasteiger partial charge on any atom is 0.221 e. The third-order valence-electron chi connectivity index (χ3n) is 2.56. The van der Waals surface area contributed by atoms with Crippen LogP contribution in [0.2, 0.25) is 0 Å². The molecule has 0 saturated carbocycles. The molecular weight excluding hydrogens is 308 g/mol. The molecule has 6 nitrogen and oxygen atoms in total. The van der Waals surface area contributed by atoms with E-state index in [-0.39, 0.29) is 16.9 Å². The summed E-state index contributed by atoms with van der Waals surface area (Å²) in [4.78, 5) is 23.2. The van der Waals surface area contributed by atoms with E-state index in [2.05, 4.69) is 15.5 Å². The summed E-state index contributed by atoms with van der Waals surface area (Å²) in [7, 11) is 0. The molecule has 0 aliphatic heterocycles. The van der Waals surface area contributed by atoms with Gasteiger partial charge < -0.3 is 11.1 Å². The largest absolute Gasteiger partial charge is 0.374 e.